The average molecular weight is 507 g/mol. The Labute approximate surface area is 210 Å². The summed E-state index contributed by atoms with van der Waals surface area (Å²) in [6.07, 6.45) is 3.59. The molecule has 11 heteroatoms. The monoisotopic (exact) mass is 507 g/mol. The van der Waals surface area contributed by atoms with Gasteiger partial charge in [0, 0.05) is 42.8 Å². The van der Waals surface area contributed by atoms with E-state index in [1.54, 1.807) is 42.9 Å². The van der Waals surface area contributed by atoms with Crippen LogP contribution < -0.4 is 29.9 Å². The van der Waals surface area contributed by atoms with E-state index in [1.807, 2.05) is 0 Å². The Morgan fingerprint density at radius 3 is 2.78 bits per heavy atom. The van der Waals surface area contributed by atoms with E-state index in [2.05, 4.69) is 15.3 Å². The fourth-order valence-corrected chi connectivity index (χ4v) is 4.49. The number of aromatic nitrogens is 2. The Kier molecular flexibility index (Phi) is 6.59. The van der Waals surface area contributed by atoms with Gasteiger partial charge in [-0.25, -0.2) is 9.78 Å². The van der Waals surface area contributed by atoms with Crippen molar-refractivity contribution in [1.29, 1.82) is 0 Å². The molecule has 1 unspecified atom stereocenters. The van der Waals surface area contributed by atoms with Crippen LogP contribution in [0.2, 0.25) is 0 Å². The number of nitrogens with one attached hydrogen (secondary N) is 2. The van der Waals surface area contributed by atoms with Crippen LogP contribution in [-0.2, 0) is 11.2 Å². The predicted octanol–water partition coefficient (Wildman–Crippen LogP) is 2.85. The largest absolute Gasteiger partial charge is 0.507 e. The summed E-state index contributed by atoms with van der Waals surface area (Å²) in [6.45, 7) is 0.293. The van der Waals surface area contributed by atoms with E-state index in [9.17, 15) is 14.7 Å². The first-order valence-electron chi connectivity index (χ1n) is 11.5. The number of amides is 1. The SMILES string of the molecule is COc1cc(C(CC(=O)NCCc2cnc[nH]2)c2c(O)c3ccccc3oc2=O)c(OC)c2c1OCO2. The maximum Gasteiger partial charge on any atom is 0.343 e. The molecule has 192 valence electrons. The van der Waals surface area contributed by atoms with E-state index in [0.29, 0.717) is 35.4 Å². The van der Waals surface area contributed by atoms with Gasteiger partial charge in [0.25, 0.3) is 0 Å². The molecular weight excluding hydrogens is 482 g/mol. The number of hydrogen-bond donors (Lipinski definition) is 3. The molecule has 1 aliphatic rings. The van der Waals surface area contributed by atoms with Crippen LogP contribution in [-0.4, -0.2) is 48.5 Å². The molecule has 37 heavy (non-hydrogen) atoms. The summed E-state index contributed by atoms with van der Waals surface area (Å²) in [6, 6.07) is 8.24. The lowest BCUT2D eigenvalue weighted by Gasteiger charge is -2.22. The number of rotatable bonds is 9. The number of fused-ring (bicyclic) bond motifs is 2. The molecule has 0 spiro atoms. The van der Waals surface area contributed by atoms with Gasteiger partial charge in [0.05, 0.1) is 31.5 Å². The maximum atomic E-state index is 13.2. The van der Waals surface area contributed by atoms with Crippen LogP contribution in [0, 0.1) is 0 Å². The molecule has 0 aliphatic carbocycles. The second-order valence-corrected chi connectivity index (χ2v) is 8.35. The Bertz CT molecular complexity index is 1500. The van der Waals surface area contributed by atoms with Gasteiger partial charge in [-0.3, -0.25) is 4.79 Å². The number of carbonyl (C=O) groups is 1. The fourth-order valence-electron chi connectivity index (χ4n) is 4.49. The first-order valence-corrected chi connectivity index (χ1v) is 11.5. The topological polar surface area (TPSA) is 145 Å². The van der Waals surface area contributed by atoms with Gasteiger partial charge in [0.15, 0.2) is 11.5 Å². The van der Waals surface area contributed by atoms with E-state index in [1.165, 1.54) is 14.2 Å². The van der Waals surface area contributed by atoms with E-state index in [4.69, 9.17) is 23.4 Å². The third kappa shape index (κ3) is 4.51. The molecule has 1 aliphatic heterocycles. The molecule has 3 N–H and O–H groups in total. The number of aromatic hydroxyl groups is 1. The lowest BCUT2D eigenvalue weighted by atomic mass is 9.86. The van der Waals surface area contributed by atoms with Crippen LogP contribution in [0.1, 0.15) is 29.2 Å². The Balaban J connectivity index is 1.60. The second-order valence-electron chi connectivity index (χ2n) is 8.35. The number of benzene rings is 2. The third-order valence-corrected chi connectivity index (χ3v) is 6.22. The quantitative estimate of drug-likeness (QED) is 0.291. The molecular formula is C26H25N3O8. The Morgan fingerprint density at radius 2 is 2.03 bits per heavy atom. The molecule has 0 saturated heterocycles. The highest BCUT2D eigenvalue weighted by Crippen LogP contribution is 2.53. The van der Waals surface area contributed by atoms with Gasteiger partial charge in [0.2, 0.25) is 24.2 Å². The zero-order valence-corrected chi connectivity index (χ0v) is 20.2. The summed E-state index contributed by atoms with van der Waals surface area (Å²) < 4.78 is 27.8. The number of nitrogens with zero attached hydrogens (tertiary/aromatic N) is 1. The number of aromatic amines is 1. The summed E-state index contributed by atoms with van der Waals surface area (Å²) in [5.74, 6) is -0.373. The van der Waals surface area contributed by atoms with Gasteiger partial charge in [-0.15, -0.1) is 0 Å². The molecule has 2 aromatic carbocycles. The first-order chi connectivity index (χ1) is 18.0. The number of imidazole rings is 1. The highest BCUT2D eigenvalue weighted by molar-refractivity contribution is 5.85. The first kappa shape index (κ1) is 24.0. The van der Waals surface area contributed by atoms with Gasteiger partial charge >= 0.3 is 5.63 Å². The van der Waals surface area contributed by atoms with E-state index in [0.717, 1.165) is 5.69 Å². The Hall–Kier alpha value is -4.67. The van der Waals surface area contributed by atoms with Crippen molar-refractivity contribution in [3.05, 3.63) is 70.1 Å². The number of hydrogen-bond acceptors (Lipinski definition) is 9. The molecule has 0 bridgehead atoms. The summed E-state index contributed by atoms with van der Waals surface area (Å²) >= 11 is 0. The molecule has 1 amide bonds. The van der Waals surface area contributed by atoms with Crippen molar-refractivity contribution in [1.82, 2.24) is 15.3 Å². The lowest BCUT2D eigenvalue weighted by molar-refractivity contribution is -0.121. The molecule has 0 saturated carbocycles. The van der Waals surface area contributed by atoms with Crippen molar-refractivity contribution in [2.45, 2.75) is 18.8 Å². The molecule has 0 radical (unpaired) electrons. The minimum atomic E-state index is -0.966. The molecule has 5 rings (SSSR count). The van der Waals surface area contributed by atoms with Crippen LogP contribution in [0.5, 0.6) is 28.7 Å². The van der Waals surface area contributed by atoms with Crippen LogP contribution in [0.4, 0.5) is 0 Å². The van der Waals surface area contributed by atoms with Gasteiger partial charge in [-0.1, -0.05) is 12.1 Å². The number of ether oxygens (including phenoxy) is 4. The number of H-pyrrole nitrogens is 1. The summed E-state index contributed by atoms with van der Waals surface area (Å²) in [4.78, 5) is 33.3. The fraction of sp³-hybridized carbons (Fsp3) is 0.269. The van der Waals surface area contributed by atoms with E-state index < -0.39 is 11.5 Å². The van der Waals surface area contributed by atoms with Crippen LogP contribution in [0.25, 0.3) is 11.0 Å². The standard InChI is InChI=1S/C26H25N3O8/c1-33-19-9-17(23(34-2)25-24(19)35-13-36-25)16(10-20(30)28-8-7-14-11-27-12-29-14)21-22(31)15-5-3-4-6-18(15)37-26(21)32/h3-6,9,11-12,16,31H,7-8,10,13H2,1-2H3,(H,27,29)(H,28,30). The van der Waals surface area contributed by atoms with E-state index in [-0.39, 0.29) is 47.5 Å². The third-order valence-electron chi connectivity index (χ3n) is 6.22. The van der Waals surface area contributed by atoms with Crippen molar-refractivity contribution in [3.63, 3.8) is 0 Å². The van der Waals surface area contributed by atoms with E-state index >= 15 is 0 Å². The van der Waals surface area contributed by atoms with Gasteiger partial charge in [-0.2, -0.15) is 0 Å². The highest BCUT2D eigenvalue weighted by Gasteiger charge is 2.35. The van der Waals surface area contributed by atoms with Crippen molar-refractivity contribution >= 4 is 16.9 Å². The van der Waals surface area contributed by atoms with Gasteiger partial charge in [0.1, 0.15) is 11.3 Å². The lowest BCUT2D eigenvalue weighted by Crippen LogP contribution is -2.29. The van der Waals surface area contributed by atoms with Crippen LogP contribution in [0.3, 0.4) is 0 Å². The van der Waals surface area contributed by atoms with Crippen molar-refractivity contribution in [2.75, 3.05) is 27.6 Å². The summed E-state index contributed by atoms with van der Waals surface area (Å²) in [5.41, 5.74) is 0.635. The van der Waals surface area contributed by atoms with Crippen LogP contribution >= 0.6 is 0 Å². The maximum absolute atomic E-state index is 13.2. The number of carbonyl (C=O) groups excluding carboxylic acids is 1. The van der Waals surface area contributed by atoms with Crippen molar-refractivity contribution < 1.29 is 33.3 Å². The highest BCUT2D eigenvalue weighted by atomic mass is 16.7. The molecule has 11 nitrogen and oxygen atoms in total. The molecule has 2 aromatic heterocycles. The number of para-hydroxylation sites is 1. The molecule has 0 fully saturated rings. The molecule has 3 heterocycles. The van der Waals surface area contributed by atoms with Gasteiger partial charge < -0.3 is 38.8 Å². The Morgan fingerprint density at radius 1 is 1.22 bits per heavy atom. The summed E-state index contributed by atoms with van der Waals surface area (Å²) in [7, 11) is 2.91. The zero-order chi connectivity index (χ0) is 25.9. The average Bonchev–Trinajstić information content (AvgIpc) is 3.60. The minimum absolute atomic E-state index is 0.0480. The predicted molar refractivity (Wildman–Crippen MR) is 132 cm³/mol. The minimum Gasteiger partial charge on any atom is -0.507 e. The molecule has 1 atom stereocenters. The zero-order valence-electron chi connectivity index (χ0n) is 20.2. The van der Waals surface area contributed by atoms with Crippen LogP contribution in [0.15, 0.2) is 52.1 Å². The normalized spacial score (nSPS) is 12.9. The van der Waals surface area contributed by atoms with Crippen molar-refractivity contribution in [3.8, 4) is 28.7 Å². The second kappa shape index (κ2) is 10.1. The number of methoxy groups -OCH3 is 2. The smallest absolute Gasteiger partial charge is 0.343 e. The molecule has 4 aromatic rings. The van der Waals surface area contributed by atoms with Crippen molar-refractivity contribution in [2.24, 2.45) is 0 Å². The van der Waals surface area contributed by atoms with Gasteiger partial charge in [-0.05, 0) is 18.2 Å². The summed E-state index contributed by atoms with van der Waals surface area (Å²) in [5, 5.41) is 14.4.